The van der Waals surface area contributed by atoms with Crippen molar-refractivity contribution in [2.75, 3.05) is 0 Å². The Balaban J connectivity index is 1.61. The number of halogens is 1. The Morgan fingerprint density at radius 2 is 1.78 bits per heavy atom. The van der Waals surface area contributed by atoms with Crippen LogP contribution in [0, 0.1) is 6.92 Å². The fourth-order valence-corrected chi connectivity index (χ4v) is 3.45. The van der Waals surface area contributed by atoms with Gasteiger partial charge in [-0.1, -0.05) is 35.5 Å². The van der Waals surface area contributed by atoms with Gasteiger partial charge in [0.05, 0.1) is 27.4 Å². The van der Waals surface area contributed by atoms with E-state index in [2.05, 4.69) is 9.97 Å². The Kier molecular flexibility index (Phi) is 3.67. The molecule has 3 heterocycles. The summed E-state index contributed by atoms with van der Waals surface area (Å²) in [7, 11) is 0. The molecular formula is C17H13ClN4S. The highest BCUT2D eigenvalue weighted by Crippen LogP contribution is 2.25. The molecule has 0 fully saturated rings. The maximum atomic E-state index is 6.01. The monoisotopic (exact) mass is 340 g/mol. The molecule has 0 aliphatic heterocycles. The van der Waals surface area contributed by atoms with Gasteiger partial charge >= 0.3 is 0 Å². The summed E-state index contributed by atoms with van der Waals surface area (Å²) in [5, 5.41) is 1.64. The van der Waals surface area contributed by atoms with Crippen molar-refractivity contribution in [1.29, 1.82) is 0 Å². The highest BCUT2D eigenvalue weighted by molar-refractivity contribution is 7.98. The first-order valence-corrected chi connectivity index (χ1v) is 8.55. The lowest BCUT2D eigenvalue weighted by Gasteiger charge is -2.05. The smallest absolute Gasteiger partial charge is 0.137 e. The standard InChI is InChI=1S/C17H13ClN4S/c1-11-17(21-15-5-3-2-4-14(15)19-11)23-10-13-9-22-8-12(18)6-7-16(22)20-13/h2-9H,10H2,1H3. The van der Waals surface area contributed by atoms with E-state index in [1.54, 1.807) is 11.8 Å². The minimum Gasteiger partial charge on any atom is -0.305 e. The van der Waals surface area contributed by atoms with Crippen LogP contribution in [0.4, 0.5) is 0 Å². The van der Waals surface area contributed by atoms with Crippen LogP contribution in [-0.2, 0) is 5.75 Å². The molecule has 6 heteroatoms. The molecule has 0 saturated heterocycles. The number of nitrogens with zero attached hydrogens (tertiary/aromatic N) is 4. The van der Waals surface area contributed by atoms with Gasteiger partial charge in [-0.3, -0.25) is 0 Å². The van der Waals surface area contributed by atoms with E-state index in [9.17, 15) is 0 Å². The molecule has 0 N–H and O–H groups in total. The second-order valence-corrected chi connectivity index (χ2v) is 6.64. The largest absolute Gasteiger partial charge is 0.305 e. The first-order chi connectivity index (χ1) is 11.2. The van der Waals surface area contributed by atoms with Gasteiger partial charge in [0.15, 0.2) is 0 Å². The van der Waals surface area contributed by atoms with Crippen LogP contribution in [0.25, 0.3) is 16.7 Å². The third-order valence-corrected chi connectivity index (χ3v) is 4.85. The van der Waals surface area contributed by atoms with Crippen LogP contribution in [-0.4, -0.2) is 19.4 Å². The van der Waals surface area contributed by atoms with Gasteiger partial charge in [0.1, 0.15) is 10.7 Å². The summed E-state index contributed by atoms with van der Waals surface area (Å²) < 4.78 is 1.94. The lowest BCUT2D eigenvalue weighted by Crippen LogP contribution is -1.93. The SMILES string of the molecule is Cc1nc2ccccc2nc1SCc1cn2cc(Cl)ccc2n1. The fourth-order valence-electron chi connectivity index (χ4n) is 2.44. The zero-order valence-electron chi connectivity index (χ0n) is 12.4. The molecular weight excluding hydrogens is 328 g/mol. The van der Waals surface area contributed by atoms with E-state index >= 15 is 0 Å². The van der Waals surface area contributed by atoms with Crippen LogP contribution in [0.1, 0.15) is 11.4 Å². The quantitative estimate of drug-likeness (QED) is 0.514. The number of benzene rings is 1. The van der Waals surface area contributed by atoms with E-state index in [0.29, 0.717) is 5.02 Å². The highest BCUT2D eigenvalue weighted by atomic mass is 35.5. The lowest BCUT2D eigenvalue weighted by atomic mass is 10.3. The van der Waals surface area contributed by atoms with Crippen molar-refractivity contribution in [1.82, 2.24) is 19.4 Å². The fraction of sp³-hybridized carbons (Fsp3) is 0.118. The van der Waals surface area contributed by atoms with Crippen LogP contribution in [0.15, 0.2) is 53.8 Å². The number of fused-ring (bicyclic) bond motifs is 2. The number of aromatic nitrogens is 4. The zero-order chi connectivity index (χ0) is 15.8. The summed E-state index contributed by atoms with van der Waals surface area (Å²) >= 11 is 7.66. The number of hydrogen-bond acceptors (Lipinski definition) is 4. The number of pyridine rings is 1. The Hall–Kier alpha value is -2.11. The number of rotatable bonds is 3. The van der Waals surface area contributed by atoms with Gasteiger partial charge in [-0.15, -0.1) is 0 Å². The van der Waals surface area contributed by atoms with E-state index in [4.69, 9.17) is 16.6 Å². The third kappa shape index (κ3) is 2.90. The molecule has 0 aliphatic carbocycles. The minimum atomic E-state index is 0.699. The molecule has 0 saturated carbocycles. The molecule has 0 radical (unpaired) electrons. The summed E-state index contributed by atoms with van der Waals surface area (Å²) in [6.07, 6.45) is 3.86. The predicted molar refractivity (Wildman–Crippen MR) is 94.0 cm³/mol. The van der Waals surface area contributed by atoms with Gasteiger partial charge < -0.3 is 4.40 Å². The third-order valence-electron chi connectivity index (χ3n) is 3.52. The molecule has 3 aromatic heterocycles. The van der Waals surface area contributed by atoms with E-state index in [1.807, 2.05) is 60.1 Å². The summed E-state index contributed by atoms with van der Waals surface area (Å²) in [6.45, 7) is 1.99. The second kappa shape index (κ2) is 5.83. The molecule has 1 aromatic carbocycles. The van der Waals surface area contributed by atoms with Crippen molar-refractivity contribution in [2.24, 2.45) is 0 Å². The summed E-state index contributed by atoms with van der Waals surface area (Å²) in [6, 6.07) is 11.7. The molecule has 4 aromatic rings. The van der Waals surface area contributed by atoms with Crippen molar-refractivity contribution < 1.29 is 0 Å². The van der Waals surface area contributed by atoms with Crippen molar-refractivity contribution in [3.63, 3.8) is 0 Å². The average molecular weight is 341 g/mol. The number of hydrogen-bond donors (Lipinski definition) is 0. The van der Waals surface area contributed by atoms with Crippen LogP contribution < -0.4 is 0 Å². The first kappa shape index (κ1) is 14.5. The maximum absolute atomic E-state index is 6.01. The van der Waals surface area contributed by atoms with E-state index in [1.165, 1.54) is 0 Å². The summed E-state index contributed by atoms with van der Waals surface area (Å²) in [5.41, 5.74) is 4.68. The molecule has 4 rings (SSSR count). The van der Waals surface area contributed by atoms with E-state index in [0.717, 1.165) is 38.8 Å². The predicted octanol–water partition coefficient (Wildman–Crippen LogP) is 4.53. The molecule has 0 bridgehead atoms. The van der Waals surface area contributed by atoms with E-state index < -0.39 is 0 Å². The Morgan fingerprint density at radius 3 is 2.61 bits per heavy atom. The van der Waals surface area contributed by atoms with Gasteiger partial charge in [-0.25, -0.2) is 15.0 Å². The molecule has 0 aliphatic rings. The summed E-state index contributed by atoms with van der Waals surface area (Å²) in [4.78, 5) is 13.9. The minimum absolute atomic E-state index is 0.699. The van der Waals surface area contributed by atoms with Crippen molar-refractivity contribution in [2.45, 2.75) is 17.7 Å². The van der Waals surface area contributed by atoms with Gasteiger partial charge in [0.2, 0.25) is 0 Å². The first-order valence-electron chi connectivity index (χ1n) is 7.18. The topological polar surface area (TPSA) is 43.1 Å². The molecule has 23 heavy (non-hydrogen) atoms. The van der Waals surface area contributed by atoms with Gasteiger partial charge in [0, 0.05) is 18.1 Å². The summed E-state index contributed by atoms with van der Waals surface area (Å²) in [5.74, 6) is 0.743. The Labute approximate surface area is 142 Å². The number of aryl methyl sites for hydroxylation is 1. The van der Waals surface area contributed by atoms with Crippen molar-refractivity contribution >= 4 is 40.0 Å². The average Bonchev–Trinajstić information content (AvgIpc) is 2.94. The number of para-hydroxylation sites is 2. The van der Waals surface area contributed by atoms with Crippen LogP contribution in [0.3, 0.4) is 0 Å². The lowest BCUT2D eigenvalue weighted by molar-refractivity contribution is 1.04. The van der Waals surface area contributed by atoms with Crippen molar-refractivity contribution in [3.8, 4) is 0 Å². The molecule has 114 valence electrons. The molecule has 0 atom stereocenters. The Bertz CT molecular complexity index is 1010. The van der Waals surface area contributed by atoms with Crippen molar-refractivity contribution in [3.05, 3.63) is 65.2 Å². The van der Waals surface area contributed by atoms with Crippen LogP contribution >= 0.6 is 23.4 Å². The molecule has 0 spiro atoms. The van der Waals surface area contributed by atoms with Gasteiger partial charge in [0.25, 0.3) is 0 Å². The van der Waals surface area contributed by atoms with Gasteiger partial charge in [-0.2, -0.15) is 0 Å². The van der Waals surface area contributed by atoms with Crippen LogP contribution in [0.2, 0.25) is 5.02 Å². The molecule has 0 amide bonds. The maximum Gasteiger partial charge on any atom is 0.137 e. The zero-order valence-corrected chi connectivity index (χ0v) is 14.0. The second-order valence-electron chi connectivity index (χ2n) is 5.24. The highest BCUT2D eigenvalue weighted by Gasteiger charge is 2.08. The van der Waals surface area contributed by atoms with Crippen LogP contribution in [0.5, 0.6) is 0 Å². The van der Waals surface area contributed by atoms with Gasteiger partial charge in [-0.05, 0) is 31.2 Å². The van der Waals surface area contributed by atoms with E-state index in [-0.39, 0.29) is 0 Å². The molecule has 0 unspecified atom stereocenters. The number of imidazole rings is 1. The Morgan fingerprint density at radius 1 is 1.00 bits per heavy atom. The normalized spacial score (nSPS) is 11.4. The number of thioether (sulfide) groups is 1. The molecule has 4 nitrogen and oxygen atoms in total.